The van der Waals surface area contributed by atoms with Gasteiger partial charge in [0.1, 0.15) is 0 Å². The van der Waals surface area contributed by atoms with Crippen LogP contribution in [0.3, 0.4) is 0 Å². The lowest BCUT2D eigenvalue weighted by molar-refractivity contribution is -0.116. The van der Waals surface area contributed by atoms with Gasteiger partial charge in [-0.3, -0.25) is 4.79 Å². The fourth-order valence-corrected chi connectivity index (χ4v) is 1.15. The van der Waals surface area contributed by atoms with Crippen molar-refractivity contribution >= 4 is 5.91 Å². The summed E-state index contributed by atoms with van der Waals surface area (Å²) in [6.45, 7) is 9.23. The summed E-state index contributed by atoms with van der Waals surface area (Å²) in [5.41, 5.74) is 0.0829. The number of rotatable bonds is 6. The molecule has 2 nitrogen and oxygen atoms in total. The van der Waals surface area contributed by atoms with Crippen molar-refractivity contribution in [2.24, 2.45) is 5.41 Å². The second-order valence-electron chi connectivity index (χ2n) is 5.05. The largest absolute Gasteiger partial charge is 0.353 e. The van der Waals surface area contributed by atoms with Crippen LogP contribution in [0.15, 0.2) is 12.2 Å². The predicted octanol–water partition coefficient (Wildman–Crippen LogP) is 3.29. The SMILES string of the molecule is CCCCCCNC(=O)/C=C/C(C)(C)C. The Morgan fingerprint density at radius 1 is 1.20 bits per heavy atom. The Hall–Kier alpha value is -0.790. The molecule has 2 heteroatoms. The van der Waals surface area contributed by atoms with Gasteiger partial charge < -0.3 is 5.32 Å². The highest BCUT2D eigenvalue weighted by Crippen LogP contribution is 2.13. The van der Waals surface area contributed by atoms with Gasteiger partial charge in [0, 0.05) is 6.54 Å². The first kappa shape index (κ1) is 14.2. The van der Waals surface area contributed by atoms with Gasteiger partial charge in [-0.2, -0.15) is 0 Å². The topological polar surface area (TPSA) is 29.1 Å². The molecule has 1 N–H and O–H groups in total. The number of allylic oxidation sites excluding steroid dienone is 1. The molecule has 0 aromatic rings. The number of carbonyl (C=O) groups excluding carboxylic acids is 1. The van der Waals surface area contributed by atoms with Crippen molar-refractivity contribution in [3.05, 3.63) is 12.2 Å². The van der Waals surface area contributed by atoms with E-state index in [0.29, 0.717) is 0 Å². The van der Waals surface area contributed by atoms with E-state index >= 15 is 0 Å². The molecule has 0 atom stereocenters. The Morgan fingerprint density at radius 2 is 1.87 bits per heavy atom. The zero-order valence-corrected chi connectivity index (χ0v) is 10.6. The number of unbranched alkanes of at least 4 members (excludes halogenated alkanes) is 3. The molecule has 0 aliphatic heterocycles. The first-order valence-electron chi connectivity index (χ1n) is 5.93. The van der Waals surface area contributed by atoms with Crippen LogP contribution in [0.1, 0.15) is 53.4 Å². The minimum Gasteiger partial charge on any atom is -0.353 e. The summed E-state index contributed by atoms with van der Waals surface area (Å²) in [6, 6.07) is 0. The van der Waals surface area contributed by atoms with E-state index in [2.05, 4.69) is 33.0 Å². The molecule has 0 saturated carbocycles. The van der Waals surface area contributed by atoms with Crippen LogP contribution in [-0.2, 0) is 4.79 Å². The molecule has 0 aromatic carbocycles. The molecule has 0 rings (SSSR count). The fourth-order valence-electron chi connectivity index (χ4n) is 1.15. The van der Waals surface area contributed by atoms with Crippen molar-refractivity contribution in [3.63, 3.8) is 0 Å². The molecule has 0 saturated heterocycles. The Bertz CT molecular complexity index is 201. The molecule has 0 aliphatic rings. The highest BCUT2D eigenvalue weighted by molar-refractivity contribution is 5.87. The quantitative estimate of drug-likeness (QED) is 0.530. The van der Waals surface area contributed by atoms with E-state index in [-0.39, 0.29) is 11.3 Å². The Labute approximate surface area is 94.1 Å². The molecule has 0 unspecified atom stereocenters. The summed E-state index contributed by atoms with van der Waals surface area (Å²) in [5.74, 6) is 0.0291. The van der Waals surface area contributed by atoms with Crippen molar-refractivity contribution < 1.29 is 4.79 Å². The van der Waals surface area contributed by atoms with Crippen LogP contribution in [0.25, 0.3) is 0 Å². The molecule has 0 bridgehead atoms. The molecular weight excluding hydrogens is 186 g/mol. The van der Waals surface area contributed by atoms with Gasteiger partial charge >= 0.3 is 0 Å². The van der Waals surface area contributed by atoms with E-state index in [1.807, 2.05) is 6.08 Å². The van der Waals surface area contributed by atoms with E-state index in [1.165, 1.54) is 19.3 Å². The maximum absolute atomic E-state index is 11.3. The molecular formula is C13H25NO. The van der Waals surface area contributed by atoms with E-state index < -0.39 is 0 Å². The van der Waals surface area contributed by atoms with Gasteiger partial charge in [0.25, 0.3) is 0 Å². The molecule has 88 valence electrons. The average Bonchev–Trinajstić information content (AvgIpc) is 2.13. The normalized spacial score (nSPS) is 12.0. The number of hydrogen-bond donors (Lipinski definition) is 1. The van der Waals surface area contributed by atoms with Crippen LogP contribution < -0.4 is 5.32 Å². The van der Waals surface area contributed by atoms with E-state index in [9.17, 15) is 4.79 Å². The molecule has 0 spiro atoms. The predicted molar refractivity (Wildman–Crippen MR) is 65.7 cm³/mol. The number of carbonyl (C=O) groups is 1. The van der Waals surface area contributed by atoms with Gasteiger partial charge in [-0.05, 0) is 17.9 Å². The lowest BCUT2D eigenvalue weighted by Crippen LogP contribution is -2.22. The second-order valence-corrected chi connectivity index (χ2v) is 5.05. The Morgan fingerprint density at radius 3 is 2.40 bits per heavy atom. The smallest absolute Gasteiger partial charge is 0.243 e. The third kappa shape index (κ3) is 11.1. The van der Waals surface area contributed by atoms with Crippen molar-refractivity contribution in [3.8, 4) is 0 Å². The summed E-state index contributed by atoms with van der Waals surface area (Å²) in [7, 11) is 0. The van der Waals surface area contributed by atoms with E-state index in [1.54, 1.807) is 6.08 Å². The minimum absolute atomic E-state index is 0.0291. The van der Waals surface area contributed by atoms with Crippen LogP contribution >= 0.6 is 0 Å². The van der Waals surface area contributed by atoms with Gasteiger partial charge in [-0.25, -0.2) is 0 Å². The third-order valence-electron chi connectivity index (χ3n) is 2.06. The fraction of sp³-hybridized carbons (Fsp3) is 0.769. The molecule has 0 heterocycles. The minimum atomic E-state index is 0.0291. The number of nitrogens with one attached hydrogen (secondary N) is 1. The van der Waals surface area contributed by atoms with Crippen LogP contribution in [0, 0.1) is 5.41 Å². The van der Waals surface area contributed by atoms with Crippen LogP contribution in [0.5, 0.6) is 0 Å². The van der Waals surface area contributed by atoms with Crippen LogP contribution in [0.4, 0.5) is 0 Å². The zero-order valence-electron chi connectivity index (χ0n) is 10.6. The van der Waals surface area contributed by atoms with Gasteiger partial charge in [0.2, 0.25) is 5.91 Å². The average molecular weight is 211 g/mol. The molecule has 0 radical (unpaired) electrons. The van der Waals surface area contributed by atoms with Crippen molar-refractivity contribution in [1.82, 2.24) is 5.32 Å². The van der Waals surface area contributed by atoms with Gasteiger partial charge in [-0.15, -0.1) is 0 Å². The van der Waals surface area contributed by atoms with Gasteiger partial charge in [0.05, 0.1) is 0 Å². The summed E-state index contributed by atoms with van der Waals surface area (Å²) >= 11 is 0. The van der Waals surface area contributed by atoms with Crippen molar-refractivity contribution in [2.45, 2.75) is 53.4 Å². The highest BCUT2D eigenvalue weighted by atomic mass is 16.1. The Balaban J connectivity index is 3.54. The zero-order chi connectivity index (χ0) is 11.7. The molecule has 0 fully saturated rings. The molecule has 0 aliphatic carbocycles. The summed E-state index contributed by atoms with van der Waals surface area (Å²) in [5, 5.41) is 2.89. The van der Waals surface area contributed by atoms with E-state index in [0.717, 1.165) is 13.0 Å². The van der Waals surface area contributed by atoms with E-state index in [4.69, 9.17) is 0 Å². The lowest BCUT2D eigenvalue weighted by atomic mass is 9.96. The number of amides is 1. The number of hydrogen-bond acceptors (Lipinski definition) is 1. The first-order valence-corrected chi connectivity index (χ1v) is 5.93. The van der Waals surface area contributed by atoms with Crippen molar-refractivity contribution in [1.29, 1.82) is 0 Å². The molecule has 0 aromatic heterocycles. The van der Waals surface area contributed by atoms with Gasteiger partial charge in [-0.1, -0.05) is 53.0 Å². The second kappa shape index (κ2) is 7.49. The third-order valence-corrected chi connectivity index (χ3v) is 2.06. The first-order chi connectivity index (χ1) is 6.95. The maximum atomic E-state index is 11.3. The van der Waals surface area contributed by atoms with Crippen LogP contribution in [0.2, 0.25) is 0 Å². The summed E-state index contributed by atoms with van der Waals surface area (Å²) in [6.07, 6.45) is 8.36. The summed E-state index contributed by atoms with van der Waals surface area (Å²) < 4.78 is 0. The lowest BCUT2D eigenvalue weighted by Gasteiger charge is -2.10. The molecule has 1 amide bonds. The summed E-state index contributed by atoms with van der Waals surface area (Å²) in [4.78, 5) is 11.3. The van der Waals surface area contributed by atoms with Crippen molar-refractivity contribution in [2.75, 3.05) is 6.54 Å². The van der Waals surface area contributed by atoms with Gasteiger partial charge in [0.15, 0.2) is 0 Å². The monoisotopic (exact) mass is 211 g/mol. The standard InChI is InChI=1S/C13H25NO/c1-5-6-7-8-11-14-12(15)9-10-13(2,3)4/h9-10H,5-8,11H2,1-4H3,(H,14,15)/b10-9+. The maximum Gasteiger partial charge on any atom is 0.243 e. The highest BCUT2D eigenvalue weighted by Gasteiger charge is 2.04. The molecule has 15 heavy (non-hydrogen) atoms. The van der Waals surface area contributed by atoms with Crippen LogP contribution in [-0.4, -0.2) is 12.5 Å². The Kier molecular flexibility index (Phi) is 7.10.